The maximum atomic E-state index is 13.5. The van der Waals surface area contributed by atoms with Gasteiger partial charge < -0.3 is 10.1 Å². The quantitative estimate of drug-likeness (QED) is 0.897. The molecule has 0 bridgehead atoms. The van der Waals surface area contributed by atoms with Gasteiger partial charge in [0.15, 0.2) is 11.6 Å². The summed E-state index contributed by atoms with van der Waals surface area (Å²) < 4.78 is 31.3. The summed E-state index contributed by atoms with van der Waals surface area (Å²) in [6.07, 6.45) is 0. The first-order valence-corrected chi connectivity index (χ1v) is 6.41. The molecule has 0 aliphatic rings. The average Bonchev–Trinajstić information content (AvgIpc) is 2.45. The topological polar surface area (TPSA) is 21.3 Å². The summed E-state index contributed by atoms with van der Waals surface area (Å²) >= 11 is 0. The molecule has 0 amide bonds. The highest BCUT2D eigenvalue weighted by Crippen LogP contribution is 2.19. The van der Waals surface area contributed by atoms with E-state index in [0.717, 1.165) is 11.1 Å². The van der Waals surface area contributed by atoms with E-state index in [0.29, 0.717) is 6.54 Å². The summed E-state index contributed by atoms with van der Waals surface area (Å²) in [5, 5.41) is 3.27. The van der Waals surface area contributed by atoms with Crippen molar-refractivity contribution in [3.8, 4) is 5.75 Å². The van der Waals surface area contributed by atoms with Crippen LogP contribution >= 0.6 is 0 Å². The summed E-state index contributed by atoms with van der Waals surface area (Å²) in [6, 6.07) is 11.3. The highest BCUT2D eigenvalue weighted by Gasteiger charge is 2.07. The lowest BCUT2D eigenvalue weighted by atomic mass is 10.1. The minimum atomic E-state index is -0.374. The minimum absolute atomic E-state index is 0.0563. The van der Waals surface area contributed by atoms with Crippen molar-refractivity contribution in [2.75, 3.05) is 7.11 Å². The number of benzene rings is 2. The van der Waals surface area contributed by atoms with E-state index in [1.165, 1.54) is 25.3 Å². The van der Waals surface area contributed by atoms with Crippen molar-refractivity contribution < 1.29 is 13.5 Å². The first-order valence-electron chi connectivity index (χ1n) is 6.41. The van der Waals surface area contributed by atoms with Crippen molar-refractivity contribution in [2.24, 2.45) is 0 Å². The Bertz CT molecular complexity index is 569. The van der Waals surface area contributed by atoms with E-state index in [1.807, 2.05) is 13.0 Å². The van der Waals surface area contributed by atoms with Crippen molar-refractivity contribution in [1.29, 1.82) is 0 Å². The largest absolute Gasteiger partial charge is 0.494 e. The van der Waals surface area contributed by atoms with Crippen molar-refractivity contribution in [3.05, 3.63) is 65.2 Å². The van der Waals surface area contributed by atoms with Crippen LogP contribution < -0.4 is 10.1 Å². The fraction of sp³-hybridized carbons (Fsp3) is 0.250. The number of methoxy groups -OCH3 is 1. The molecule has 0 aliphatic carbocycles. The fourth-order valence-electron chi connectivity index (χ4n) is 1.96. The number of hydrogen-bond donors (Lipinski definition) is 1. The van der Waals surface area contributed by atoms with Crippen LogP contribution in [-0.4, -0.2) is 7.11 Å². The summed E-state index contributed by atoms with van der Waals surface area (Å²) in [5.74, 6) is -0.389. The molecule has 2 aromatic carbocycles. The Balaban J connectivity index is 1.97. The van der Waals surface area contributed by atoms with Gasteiger partial charge in [0, 0.05) is 12.6 Å². The Labute approximate surface area is 117 Å². The van der Waals surface area contributed by atoms with Crippen molar-refractivity contribution in [1.82, 2.24) is 5.32 Å². The maximum Gasteiger partial charge on any atom is 0.165 e. The first-order chi connectivity index (χ1) is 9.60. The highest BCUT2D eigenvalue weighted by atomic mass is 19.1. The number of nitrogens with one attached hydrogen (secondary N) is 1. The Kier molecular flexibility index (Phi) is 4.69. The van der Waals surface area contributed by atoms with E-state index in [-0.39, 0.29) is 23.4 Å². The molecule has 0 aromatic heterocycles. The van der Waals surface area contributed by atoms with E-state index in [1.54, 1.807) is 18.2 Å². The second-order valence-corrected chi connectivity index (χ2v) is 4.62. The molecule has 0 aliphatic heterocycles. The number of hydrogen-bond acceptors (Lipinski definition) is 2. The fourth-order valence-corrected chi connectivity index (χ4v) is 1.96. The van der Waals surface area contributed by atoms with E-state index < -0.39 is 0 Å². The van der Waals surface area contributed by atoms with Gasteiger partial charge in [-0.1, -0.05) is 18.2 Å². The van der Waals surface area contributed by atoms with Crippen molar-refractivity contribution in [2.45, 2.75) is 19.5 Å². The third-order valence-electron chi connectivity index (χ3n) is 3.20. The molecule has 0 saturated heterocycles. The van der Waals surface area contributed by atoms with Gasteiger partial charge in [0.2, 0.25) is 0 Å². The zero-order valence-electron chi connectivity index (χ0n) is 11.5. The van der Waals surface area contributed by atoms with Gasteiger partial charge >= 0.3 is 0 Å². The summed E-state index contributed by atoms with van der Waals surface area (Å²) in [6.45, 7) is 2.51. The van der Waals surface area contributed by atoms with Crippen LogP contribution in [0.4, 0.5) is 8.78 Å². The monoisotopic (exact) mass is 277 g/mol. The highest BCUT2D eigenvalue weighted by molar-refractivity contribution is 5.29. The van der Waals surface area contributed by atoms with Crippen LogP contribution in [0.5, 0.6) is 5.75 Å². The van der Waals surface area contributed by atoms with E-state index in [9.17, 15) is 8.78 Å². The molecule has 2 aromatic rings. The third-order valence-corrected chi connectivity index (χ3v) is 3.20. The molecule has 2 rings (SSSR count). The summed E-state index contributed by atoms with van der Waals surface area (Å²) in [7, 11) is 1.44. The minimum Gasteiger partial charge on any atom is -0.494 e. The predicted octanol–water partition coefficient (Wildman–Crippen LogP) is 3.82. The van der Waals surface area contributed by atoms with Crippen LogP contribution in [0.25, 0.3) is 0 Å². The van der Waals surface area contributed by atoms with Crippen LogP contribution in [0.3, 0.4) is 0 Å². The number of ether oxygens (including phenoxy) is 1. The Morgan fingerprint density at radius 2 is 1.80 bits per heavy atom. The predicted molar refractivity (Wildman–Crippen MR) is 74.6 cm³/mol. The lowest BCUT2D eigenvalue weighted by Crippen LogP contribution is -2.18. The van der Waals surface area contributed by atoms with Crippen LogP contribution in [-0.2, 0) is 6.54 Å². The van der Waals surface area contributed by atoms with Crippen LogP contribution in [0.2, 0.25) is 0 Å². The molecule has 1 atom stereocenters. The second kappa shape index (κ2) is 6.48. The second-order valence-electron chi connectivity index (χ2n) is 4.62. The van der Waals surface area contributed by atoms with Crippen LogP contribution in [0.15, 0.2) is 42.5 Å². The van der Waals surface area contributed by atoms with Gasteiger partial charge in [-0.25, -0.2) is 8.78 Å². The SMILES string of the molecule is COc1ccc(CNC(C)c2ccc(F)cc2)cc1F. The molecule has 0 spiro atoms. The molecule has 20 heavy (non-hydrogen) atoms. The smallest absolute Gasteiger partial charge is 0.165 e. The molecule has 0 fully saturated rings. The van der Waals surface area contributed by atoms with Gasteiger partial charge in [-0.05, 0) is 42.3 Å². The van der Waals surface area contributed by atoms with Crippen molar-refractivity contribution >= 4 is 0 Å². The van der Waals surface area contributed by atoms with Gasteiger partial charge in [-0.3, -0.25) is 0 Å². The molecule has 1 N–H and O–H groups in total. The van der Waals surface area contributed by atoms with E-state index >= 15 is 0 Å². The van der Waals surface area contributed by atoms with Crippen LogP contribution in [0, 0.1) is 11.6 Å². The lowest BCUT2D eigenvalue weighted by Gasteiger charge is -2.14. The maximum absolute atomic E-state index is 13.5. The Morgan fingerprint density at radius 3 is 2.40 bits per heavy atom. The van der Waals surface area contributed by atoms with Crippen molar-refractivity contribution in [3.63, 3.8) is 0 Å². The Morgan fingerprint density at radius 1 is 1.10 bits per heavy atom. The zero-order valence-corrected chi connectivity index (χ0v) is 11.5. The Hall–Kier alpha value is -1.94. The van der Waals surface area contributed by atoms with Crippen LogP contribution in [0.1, 0.15) is 24.1 Å². The number of halogens is 2. The lowest BCUT2D eigenvalue weighted by molar-refractivity contribution is 0.386. The van der Waals surface area contributed by atoms with Gasteiger partial charge in [0.1, 0.15) is 5.82 Å². The van der Waals surface area contributed by atoms with Gasteiger partial charge in [-0.2, -0.15) is 0 Å². The molecule has 0 heterocycles. The van der Waals surface area contributed by atoms with Gasteiger partial charge in [0.05, 0.1) is 7.11 Å². The first kappa shape index (κ1) is 14.5. The molecule has 2 nitrogen and oxygen atoms in total. The van der Waals surface area contributed by atoms with E-state index in [2.05, 4.69) is 5.32 Å². The zero-order chi connectivity index (χ0) is 14.5. The molecule has 4 heteroatoms. The van der Waals surface area contributed by atoms with Gasteiger partial charge in [0.25, 0.3) is 0 Å². The molecule has 1 unspecified atom stereocenters. The summed E-state index contributed by atoms with van der Waals surface area (Å²) in [5.41, 5.74) is 1.82. The van der Waals surface area contributed by atoms with E-state index in [4.69, 9.17) is 4.74 Å². The summed E-state index contributed by atoms with van der Waals surface area (Å²) in [4.78, 5) is 0. The normalized spacial score (nSPS) is 12.2. The molecule has 106 valence electrons. The molecular formula is C16H17F2NO. The average molecular weight is 277 g/mol. The van der Waals surface area contributed by atoms with Gasteiger partial charge in [-0.15, -0.1) is 0 Å². The molecular weight excluding hydrogens is 260 g/mol. The molecule has 0 radical (unpaired) electrons. The third kappa shape index (κ3) is 3.54. The molecule has 0 saturated carbocycles. The number of rotatable bonds is 5. The standard InChI is InChI=1S/C16H17F2NO/c1-11(13-4-6-14(17)7-5-13)19-10-12-3-8-16(20-2)15(18)9-12/h3-9,11,19H,10H2,1-2H3.